The summed E-state index contributed by atoms with van der Waals surface area (Å²) in [5.74, 6) is 0.761. The van der Waals surface area contributed by atoms with Crippen LogP contribution in [0, 0.1) is 0 Å². The number of hydrazine groups is 1. The normalized spacial score (nSPS) is 14.2. The number of ether oxygens (including phenoxy) is 1. The molecule has 1 aliphatic heterocycles. The number of benzene rings is 1. The minimum absolute atomic E-state index is 0.319. The van der Waals surface area contributed by atoms with Gasteiger partial charge < -0.3 is 10.1 Å². The minimum atomic E-state index is -0.352. The molecule has 0 bridgehead atoms. The van der Waals surface area contributed by atoms with E-state index in [0.29, 0.717) is 11.7 Å². The molecule has 0 aromatic heterocycles. The van der Waals surface area contributed by atoms with E-state index in [0.717, 1.165) is 17.1 Å². The Morgan fingerprint density at radius 3 is 2.80 bits per heavy atom. The van der Waals surface area contributed by atoms with Crippen molar-refractivity contribution in [2.75, 3.05) is 19.0 Å². The van der Waals surface area contributed by atoms with Gasteiger partial charge >= 0.3 is 6.03 Å². The van der Waals surface area contributed by atoms with Gasteiger partial charge in [-0.05, 0) is 43.4 Å². The number of hydrogen-bond donors (Lipinski definition) is 3. The molecule has 8 heteroatoms. The molecular formula is C12H15N5O2S. The number of nitrogens with one attached hydrogen (secondary N) is 3. The number of nitrogens with zero attached hydrogens (tertiary/aromatic N) is 2. The van der Waals surface area contributed by atoms with Crippen molar-refractivity contribution in [1.82, 2.24) is 15.9 Å². The second-order valence-electron chi connectivity index (χ2n) is 4.14. The molecule has 0 aliphatic carbocycles. The van der Waals surface area contributed by atoms with Crippen LogP contribution in [-0.4, -0.2) is 35.5 Å². The summed E-state index contributed by atoms with van der Waals surface area (Å²) in [7, 11) is 1.60. The molecule has 1 aromatic carbocycles. The van der Waals surface area contributed by atoms with E-state index >= 15 is 0 Å². The molecule has 2 amide bonds. The van der Waals surface area contributed by atoms with Gasteiger partial charge in [0, 0.05) is 5.69 Å². The second-order valence-corrected chi connectivity index (χ2v) is 4.55. The number of carbonyl (C=O) groups excluding carboxylic acids is 1. The first kappa shape index (κ1) is 14.1. The summed E-state index contributed by atoms with van der Waals surface area (Å²) in [4.78, 5) is 11.6. The van der Waals surface area contributed by atoms with E-state index in [1.807, 2.05) is 31.2 Å². The SMILES string of the molecule is COc1ccc(NC(=S)NN2CC(C)=NNC2=O)cc1. The van der Waals surface area contributed by atoms with Gasteiger partial charge in [0.15, 0.2) is 5.11 Å². The van der Waals surface area contributed by atoms with E-state index < -0.39 is 0 Å². The Labute approximate surface area is 121 Å². The molecule has 2 rings (SSSR count). The predicted molar refractivity (Wildman–Crippen MR) is 80.7 cm³/mol. The van der Waals surface area contributed by atoms with Crippen LogP contribution in [-0.2, 0) is 0 Å². The molecule has 0 spiro atoms. The van der Waals surface area contributed by atoms with Gasteiger partial charge in [-0.1, -0.05) is 0 Å². The Morgan fingerprint density at radius 2 is 2.15 bits per heavy atom. The highest BCUT2D eigenvalue weighted by Gasteiger charge is 2.19. The largest absolute Gasteiger partial charge is 0.497 e. The molecule has 0 unspecified atom stereocenters. The van der Waals surface area contributed by atoms with Crippen LogP contribution >= 0.6 is 12.2 Å². The van der Waals surface area contributed by atoms with Crippen molar-refractivity contribution in [1.29, 1.82) is 0 Å². The van der Waals surface area contributed by atoms with Crippen molar-refractivity contribution in [2.45, 2.75) is 6.92 Å². The van der Waals surface area contributed by atoms with Gasteiger partial charge in [-0.25, -0.2) is 15.2 Å². The number of rotatable bonds is 3. The van der Waals surface area contributed by atoms with Gasteiger partial charge in [0.1, 0.15) is 5.75 Å². The fourth-order valence-corrected chi connectivity index (χ4v) is 1.81. The van der Waals surface area contributed by atoms with E-state index in [1.54, 1.807) is 7.11 Å². The quantitative estimate of drug-likeness (QED) is 0.732. The smallest absolute Gasteiger partial charge is 0.356 e. The number of thiocarbonyl (C=S) groups is 1. The minimum Gasteiger partial charge on any atom is -0.497 e. The Morgan fingerprint density at radius 1 is 1.45 bits per heavy atom. The van der Waals surface area contributed by atoms with Gasteiger partial charge in [0.05, 0.1) is 19.4 Å². The maximum Gasteiger partial charge on any atom is 0.356 e. The third-order valence-electron chi connectivity index (χ3n) is 2.56. The van der Waals surface area contributed by atoms with Gasteiger partial charge in [-0.15, -0.1) is 0 Å². The van der Waals surface area contributed by atoms with Crippen molar-refractivity contribution in [3.8, 4) is 5.75 Å². The fraction of sp³-hybridized carbons (Fsp3) is 0.250. The molecule has 1 aliphatic rings. The Hall–Kier alpha value is -2.35. The molecule has 1 heterocycles. The van der Waals surface area contributed by atoms with Crippen LogP contribution in [0.2, 0.25) is 0 Å². The molecular weight excluding hydrogens is 278 g/mol. The van der Waals surface area contributed by atoms with E-state index in [9.17, 15) is 4.79 Å². The Bertz CT molecular complexity index is 543. The number of methoxy groups -OCH3 is 1. The molecule has 1 aromatic rings. The van der Waals surface area contributed by atoms with Crippen LogP contribution in [0.4, 0.5) is 10.5 Å². The average Bonchev–Trinajstić information content (AvgIpc) is 2.43. The van der Waals surface area contributed by atoms with Crippen LogP contribution in [0.15, 0.2) is 29.4 Å². The average molecular weight is 293 g/mol. The lowest BCUT2D eigenvalue weighted by Crippen LogP contribution is -2.55. The first-order valence-corrected chi connectivity index (χ1v) is 6.31. The van der Waals surface area contributed by atoms with E-state index in [1.165, 1.54) is 5.01 Å². The fourth-order valence-electron chi connectivity index (χ4n) is 1.59. The summed E-state index contributed by atoms with van der Waals surface area (Å²) < 4.78 is 5.07. The zero-order valence-corrected chi connectivity index (χ0v) is 12.0. The topological polar surface area (TPSA) is 78.0 Å². The van der Waals surface area contributed by atoms with Crippen molar-refractivity contribution in [3.63, 3.8) is 0 Å². The highest BCUT2D eigenvalue weighted by Crippen LogP contribution is 2.14. The standard InChI is InChI=1S/C12H15N5O2S/c1-8-7-17(12(18)15-14-8)16-11(20)13-9-3-5-10(19-2)6-4-9/h3-6H,7H2,1-2H3,(H,15,18)(H2,13,16,20). The zero-order chi connectivity index (χ0) is 14.5. The molecule has 0 fully saturated rings. The summed E-state index contributed by atoms with van der Waals surface area (Å²) in [6, 6.07) is 6.94. The summed E-state index contributed by atoms with van der Waals surface area (Å²) >= 11 is 5.15. The van der Waals surface area contributed by atoms with Gasteiger partial charge in [0.2, 0.25) is 0 Å². The molecule has 20 heavy (non-hydrogen) atoms. The number of hydrazone groups is 1. The predicted octanol–water partition coefficient (Wildman–Crippen LogP) is 1.30. The number of hydrogen-bond acceptors (Lipinski definition) is 4. The lowest BCUT2D eigenvalue weighted by Gasteiger charge is -2.27. The van der Waals surface area contributed by atoms with Crippen LogP contribution in [0.5, 0.6) is 5.75 Å². The second kappa shape index (κ2) is 6.20. The summed E-state index contributed by atoms with van der Waals surface area (Å²) in [6.45, 7) is 2.18. The van der Waals surface area contributed by atoms with Crippen molar-refractivity contribution in [2.24, 2.45) is 5.10 Å². The molecule has 106 valence electrons. The van der Waals surface area contributed by atoms with Crippen LogP contribution in [0.25, 0.3) is 0 Å². The summed E-state index contributed by atoms with van der Waals surface area (Å²) in [6.07, 6.45) is 0. The lowest BCUT2D eigenvalue weighted by molar-refractivity contribution is 0.192. The van der Waals surface area contributed by atoms with Crippen LogP contribution in [0.3, 0.4) is 0 Å². The maximum absolute atomic E-state index is 11.6. The Kier molecular flexibility index (Phi) is 4.36. The Balaban J connectivity index is 1.91. The molecule has 7 nitrogen and oxygen atoms in total. The highest BCUT2D eigenvalue weighted by molar-refractivity contribution is 7.80. The third-order valence-corrected chi connectivity index (χ3v) is 2.75. The number of urea groups is 1. The first-order valence-electron chi connectivity index (χ1n) is 5.91. The first-order chi connectivity index (χ1) is 9.58. The van der Waals surface area contributed by atoms with Gasteiger partial charge in [-0.3, -0.25) is 5.43 Å². The number of anilines is 1. The lowest BCUT2D eigenvalue weighted by atomic mass is 10.3. The molecule has 0 atom stereocenters. The highest BCUT2D eigenvalue weighted by atomic mass is 32.1. The summed E-state index contributed by atoms with van der Waals surface area (Å²) in [5.41, 5.74) is 6.76. The molecule has 0 radical (unpaired) electrons. The molecule has 3 N–H and O–H groups in total. The van der Waals surface area contributed by atoms with E-state index in [-0.39, 0.29) is 6.03 Å². The van der Waals surface area contributed by atoms with Crippen molar-refractivity contribution >= 4 is 34.8 Å². The molecule has 0 saturated heterocycles. The number of amides is 2. The van der Waals surface area contributed by atoms with Crippen LogP contribution in [0.1, 0.15) is 6.92 Å². The summed E-state index contributed by atoms with van der Waals surface area (Å²) in [5, 5.41) is 8.48. The van der Waals surface area contributed by atoms with E-state index in [4.69, 9.17) is 17.0 Å². The third kappa shape index (κ3) is 3.58. The number of carbonyl (C=O) groups is 1. The van der Waals surface area contributed by atoms with E-state index in [2.05, 4.69) is 21.3 Å². The van der Waals surface area contributed by atoms with Gasteiger partial charge in [0.25, 0.3) is 0 Å². The monoisotopic (exact) mass is 293 g/mol. The maximum atomic E-state index is 11.6. The van der Waals surface area contributed by atoms with Gasteiger partial charge in [-0.2, -0.15) is 5.10 Å². The van der Waals surface area contributed by atoms with Crippen LogP contribution < -0.4 is 20.9 Å². The van der Waals surface area contributed by atoms with Crippen molar-refractivity contribution in [3.05, 3.63) is 24.3 Å². The zero-order valence-electron chi connectivity index (χ0n) is 11.1. The van der Waals surface area contributed by atoms with Crippen molar-refractivity contribution < 1.29 is 9.53 Å². The molecule has 0 saturated carbocycles.